The van der Waals surface area contributed by atoms with Crippen molar-refractivity contribution in [3.63, 3.8) is 0 Å². The Morgan fingerprint density at radius 3 is 2.61 bits per heavy atom. The van der Waals surface area contributed by atoms with Gasteiger partial charge in [-0.3, -0.25) is 4.79 Å². The van der Waals surface area contributed by atoms with Gasteiger partial charge >= 0.3 is 0 Å². The molecule has 23 heavy (non-hydrogen) atoms. The Morgan fingerprint density at radius 2 is 2.00 bits per heavy atom. The Kier molecular flexibility index (Phi) is 6.46. The lowest BCUT2D eigenvalue weighted by Crippen LogP contribution is -2.34. The fraction of sp³-hybridized carbons (Fsp3) is 0.632. The summed E-state index contributed by atoms with van der Waals surface area (Å²) in [4.78, 5) is 14.2. The Labute approximate surface area is 140 Å². The molecule has 1 atom stereocenters. The van der Waals surface area contributed by atoms with E-state index in [4.69, 9.17) is 10.5 Å². The zero-order chi connectivity index (χ0) is 16.7. The highest BCUT2D eigenvalue weighted by Gasteiger charge is 2.34. The number of benzene rings is 1. The van der Waals surface area contributed by atoms with Gasteiger partial charge in [-0.2, -0.15) is 0 Å². The molecule has 128 valence electrons. The molecule has 0 bridgehead atoms. The van der Waals surface area contributed by atoms with Crippen molar-refractivity contribution in [3.8, 4) is 5.75 Å². The number of ether oxygens (including phenoxy) is 1. The molecule has 1 unspecified atom stereocenters. The molecule has 1 fully saturated rings. The van der Waals surface area contributed by atoms with E-state index in [-0.39, 0.29) is 5.41 Å². The summed E-state index contributed by atoms with van der Waals surface area (Å²) in [5, 5.41) is 0. The molecule has 0 radical (unpaired) electrons. The van der Waals surface area contributed by atoms with Crippen LogP contribution in [0, 0.1) is 5.41 Å². The smallest absolute Gasteiger partial charge is 0.222 e. The maximum atomic E-state index is 12.2. The van der Waals surface area contributed by atoms with Gasteiger partial charge in [0, 0.05) is 19.5 Å². The predicted molar refractivity (Wildman–Crippen MR) is 93.5 cm³/mol. The molecule has 4 heteroatoms. The van der Waals surface area contributed by atoms with Crippen molar-refractivity contribution in [3.05, 3.63) is 29.8 Å². The second-order valence-corrected chi connectivity index (χ2v) is 6.99. The standard InChI is InChI=1S/C19H30N2O2/c1-19(14-20)12-13-21(15-19)18(22)7-5-3-4-6-16-8-10-17(23-2)11-9-16/h8-11H,3-7,12-15,20H2,1-2H3. The number of methoxy groups -OCH3 is 1. The van der Waals surface area contributed by atoms with Crippen molar-refractivity contribution in [2.24, 2.45) is 11.1 Å². The number of amides is 1. The zero-order valence-corrected chi connectivity index (χ0v) is 14.5. The summed E-state index contributed by atoms with van der Waals surface area (Å²) in [6.45, 7) is 4.54. The van der Waals surface area contributed by atoms with Crippen molar-refractivity contribution < 1.29 is 9.53 Å². The molecular formula is C19H30N2O2. The monoisotopic (exact) mass is 318 g/mol. The Morgan fingerprint density at radius 1 is 1.26 bits per heavy atom. The van der Waals surface area contributed by atoms with Gasteiger partial charge in [0.2, 0.25) is 5.91 Å². The normalized spacial score (nSPS) is 20.7. The largest absolute Gasteiger partial charge is 0.497 e. The van der Waals surface area contributed by atoms with Crippen LogP contribution in [0.2, 0.25) is 0 Å². The van der Waals surface area contributed by atoms with Crippen LogP contribution in [0.15, 0.2) is 24.3 Å². The van der Waals surface area contributed by atoms with Gasteiger partial charge in [0.25, 0.3) is 0 Å². The van der Waals surface area contributed by atoms with Crippen LogP contribution in [0.3, 0.4) is 0 Å². The number of nitrogens with two attached hydrogens (primary N) is 1. The maximum absolute atomic E-state index is 12.2. The molecule has 1 aromatic rings. The van der Waals surface area contributed by atoms with E-state index in [9.17, 15) is 4.79 Å². The fourth-order valence-electron chi connectivity index (χ4n) is 3.14. The SMILES string of the molecule is COc1ccc(CCCCCC(=O)N2CCC(C)(CN)C2)cc1. The van der Waals surface area contributed by atoms with Crippen molar-refractivity contribution in [2.45, 2.75) is 45.4 Å². The highest BCUT2D eigenvalue weighted by Crippen LogP contribution is 2.29. The number of carbonyl (C=O) groups is 1. The summed E-state index contributed by atoms with van der Waals surface area (Å²) in [7, 11) is 1.68. The number of aryl methyl sites for hydroxylation is 1. The van der Waals surface area contributed by atoms with Gasteiger partial charge in [0.05, 0.1) is 7.11 Å². The van der Waals surface area contributed by atoms with E-state index in [0.717, 1.165) is 50.9 Å². The van der Waals surface area contributed by atoms with Crippen molar-refractivity contribution in [1.82, 2.24) is 4.90 Å². The van der Waals surface area contributed by atoms with E-state index in [1.165, 1.54) is 5.56 Å². The van der Waals surface area contributed by atoms with E-state index in [2.05, 4.69) is 19.1 Å². The number of hydrogen-bond donors (Lipinski definition) is 1. The van der Waals surface area contributed by atoms with Crippen molar-refractivity contribution in [1.29, 1.82) is 0 Å². The molecule has 1 aliphatic heterocycles. The third-order valence-corrected chi connectivity index (χ3v) is 4.92. The molecule has 1 aromatic carbocycles. The summed E-state index contributed by atoms with van der Waals surface area (Å²) in [5.74, 6) is 1.20. The van der Waals surface area contributed by atoms with Gasteiger partial charge in [-0.05, 0) is 55.3 Å². The van der Waals surface area contributed by atoms with E-state index in [1.807, 2.05) is 17.0 Å². The van der Waals surface area contributed by atoms with Crippen LogP contribution in [-0.4, -0.2) is 37.6 Å². The van der Waals surface area contributed by atoms with Crippen molar-refractivity contribution in [2.75, 3.05) is 26.7 Å². The predicted octanol–water partition coefficient (Wildman–Crippen LogP) is 3.00. The van der Waals surface area contributed by atoms with Crippen LogP contribution in [0.1, 0.15) is 44.6 Å². The third-order valence-electron chi connectivity index (χ3n) is 4.92. The van der Waals surface area contributed by atoms with Gasteiger partial charge in [-0.15, -0.1) is 0 Å². The van der Waals surface area contributed by atoms with Gasteiger partial charge in [0.1, 0.15) is 5.75 Å². The zero-order valence-electron chi connectivity index (χ0n) is 14.5. The van der Waals surface area contributed by atoms with Crippen LogP contribution in [0.5, 0.6) is 5.75 Å². The summed E-state index contributed by atoms with van der Waals surface area (Å²) in [5.41, 5.74) is 7.26. The van der Waals surface area contributed by atoms with Crippen LogP contribution in [0.25, 0.3) is 0 Å². The van der Waals surface area contributed by atoms with E-state index in [1.54, 1.807) is 7.11 Å². The Hall–Kier alpha value is -1.55. The summed E-state index contributed by atoms with van der Waals surface area (Å²) in [6, 6.07) is 8.23. The molecule has 1 saturated heterocycles. The van der Waals surface area contributed by atoms with Crippen LogP contribution in [-0.2, 0) is 11.2 Å². The van der Waals surface area contributed by atoms with Gasteiger partial charge < -0.3 is 15.4 Å². The minimum absolute atomic E-state index is 0.129. The first-order valence-corrected chi connectivity index (χ1v) is 8.67. The first-order chi connectivity index (χ1) is 11.1. The highest BCUT2D eigenvalue weighted by atomic mass is 16.5. The molecule has 0 spiro atoms. The van der Waals surface area contributed by atoms with E-state index in [0.29, 0.717) is 18.9 Å². The fourth-order valence-corrected chi connectivity index (χ4v) is 3.14. The quantitative estimate of drug-likeness (QED) is 0.750. The average molecular weight is 318 g/mol. The lowest BCUT2D eigenvalue weighted by Gasteiger charge is -2.22. The minimum Gasteiger partial charge on any atom is -0.497 e. The molecule has 2 N–H and O–H groups in total. The third kappa shape index (κ3) is 5.24. The highest BCUT2D eigenvalue weighted by molar-refractivity contribution is 5.76. The number of nitrogens with zero attached hydrogens (tertiary/aromatic N) is 1. The summed E-state index contributed by atoms with van der Waals surface area (Å²) < 4.78 is 5.16. The Bertz CT molecular complexity index is 501. The lowest BCUT2D eigenvalue weighted by atomic mass is 9.90. The molecule has 1 heterocycles. The minimum atomic E-state index is 0.129. The number of rotatable bonds is 8. The number of carbonyl (C=O) groups excluding carboxylic acids is 1. The van der Waals surface area contributed by atoms with Gasteiger partial charge in [0.15, 0.2) is 0 Å². The van der Waals surface area contributed by atoms with E-state index >= 15 is 0 Å². The van der Waals surface area contributed by atoms with Crippen LogP contribution >= 0.6 is 0 Å². The van der Waals surface area contributed by atoms with Gasteiger partial charge in [-0.1, -0.05) is 25.5 Å². The molecule has 1 aliphatic rings. The molecule has 0 aromatic heterocycles. The molecule has 1 amide bonds. The first kappa shape index (κ1) is 17.8. The summed E-state index contributed by atoms with van der Waals surface area (Å²) >= 11 is 0. The lowest BCUT2D eigenvalue weighted by molar-refractivity contribution is -0.130. The Balaban J connectivity index is 1.61. The summed E-state index contributed by atoms with van der Waals surface area (Å²) in [6.07, 6.45) is 5.97. The van der Waals surface area contributed by atoms with E-state index < -0.39 is 0 Å². The van der Waals surface area contributed by atoms with Crippen LogP contribution < -0.4 is 10.5 Å². The second kappa shape index (κ2) is 8.34. The molecular weight excluding hydrogens is 288 g/mol. The molecule has 0 saturated carbocycles. The average Bonchev–Trinajstić information content (AvgIpc) is 2.98. The topological polar surface area (TPSA) is 55.6 Å². The van der Waals surface area contributed by atoms with Crippen molar-refractivity contribution >= 4 is 5.91 Å². The first-order valence-electron chi connectivity index (χ1n) is 8.67. The van der Waals surface area contributed by atoms with Gasteiger partial charge in [-0.25, -0.2) is 0 Å². The molecule has 0 aliphatic carbocycles. The number of unbranched alkanes of at least 4 members (excludes halogenated alkanes) is 2. The maximum Gasteiger partial charge on any atom is 0.222 e. The number of likely N-dealkylation sites (tertiary alicyclic amines) is 1. The second-order valence-electron chi connectivity index (χ2n) is 6.99. The molecule has 2 rings (SSSR count). The number of hydrogen-bond acceptors (Lipinski definition) is 3. The van der Waals surface area contributed by atoms with Crippen LogP contribution in [0.4, 0.5) is 0 Å². The molecule has 4 nitrogen and oxygen atoms in total.